The summed E-state index contributed by atoms with van der Waals surface area (Å²) in [5.74, 6) is -1.33. The summed E-state index contributed by atoms with van der Waals surface area (Å²) in [5, 5.41) is 13.2. The van der Waals surface area contributed by atoms with Crippen molar-refractivity contribution in [3.05, 3.63) is 35.3 Å². The number of benzene rings is 1. The van der Waals surface area contributed by atoms with Gasteiger partial charge in [0.25, 0.3) is 0 Å². The number of primary amides is 1. The van der Waals surface area contributed by atoms with Gasteiger partial charge in [-0.3, -0.25) is 14.6 Å². The molecule has 11 nitrogen and oxygen atoms in total. The van der Waals surface area contributed by atoms with Crippen molar-refractivity contribution >= 4 is 34.4 Å². The van der Waals surface area contributed by atoms with Crippen molar-refractivity contribution in [2.24, 2.45) is 11.7 Å². The standard InChI is InChI=1S/C24H31ClN6O3.C2HF3O2/c1-16-11-29(7-8-30(16)14-21(26)32)15-22-27-24(28-34-22)19-13-31(12-17-5-9-33-10-6-17)23-18(19)3-2-4-20(23)25;3-2(4,5)1(6)7/h2-4,13,16-17H,5-12,14-15H2,1H3,(H2,26,32);(H,6,7)/t16-;/m1./s1. The van der Waals surface area contributed by atoms with Crippen molar-refractivity contribution in [2.45, 2.75) is 45.1 Å². The van der Waals surface area contributed by atoms with Gasteiger partial charge in [0.15, 0.2) is 0 Å². The minimum atomic E-state index is -5.08. The van der Waals surface area contributed by atoms with Gasteiger partial charge in [-0.1, -0.05) is 28.9 Å². The Morgan fingerprint density at radius 1 is 1.22 bits per heavy atom. The molecule has 0 spiro atoms. The molecular weight excluding hydrogens is 569 g/mol. The first-order chi connectivity index (χ1) is 19.4. The number of nitrogens with zero attached hydrogens (tertiary/aromatic N) is 5. The van der Waals surface area contributed by atoms with Crippen LogP contribution in [0.2, 0.25) is 5.02 Å². The summed E-state index contributed by atoms with van der Waals surface area (Å²) in [6, 6.07) is 6.18. The number of halogens is 4. The Kier molecular flexibility index (Phi) is 9.89. The molecule has 0 radical (unpaired) electrons. The molecule has 0 unspecified atom stereocenters. The van der Waals surface area contributed by atoms with Crippen LogP contribution in [0, 0.1) is 5.92 Å². The second kappa shape index (κ2) is 13.2. The van der Waals surface area contributed by atoms with Crippen LogP contribution < -0.4 is 5.73 Å². The number of amides is 1. The number of alkyl halides is 3. The average molecular weight is 601 g/mol. The Bertz CT molecular complexity index is 1360. The number of carbonyl (C=O) groups is 2. The molecule has 5 rings (SSSR count). The van der Waals surface area contributed by atoms with Crippen LogP contribution >= 0.6 is 11.6 Å². The Balaban J connectivity index is 0.000000493. The number of nitrogens with two attached hydrogens (primary N) is 1. The van der Waals surface area contributed by atoms with Crippen molar-refractivity contribution < 1.29 is 37.1 Å². The van der Waals surface area contributed by atoms with Gasteiger partial charge >= 0.3 is 12.1 Å². The second-order valence-corrected chi connectivity index (χ2v) is 10.6. The van der Waals surface area contributed by atoms with E-state index in [-0.39, 0.29) is 11.9 Å². The number of hydrogen-bond donors (Lipinski definition) is 2. The number of para-hydroxylation sites is 1. The van der Waals surface area contributed by atoms with E-state index < -0.39 is 12.1 Å². The van der Waals surface area contributed by atoms with Gasteiger partial charge in [0.2, 0.25) is 17.6 Å². The summed E-state index contributed by atoms with van der Waals surface area (Å²) >= 11 is 6.62. The molecule has 2 aliphatic heterocycles. The normalized spacial score (nSPS) is 19.2. The minimum absolute atomic E-state index is 0.231. The van der Waals surface area contributed by atoms with Crippen molar-refractivity contribution in [1.82, 2.24) is 24.5 Å². The topological polar surface area (TPSA) is 140 Å². The van der Waals surface area contributed by atoms with Crippen LogP contribution in [0.3, 0.4) is 0 Å². The number of fused-ring (bicyclic) bond motifs is 1. The van der Waals surface area contributed by atoms with E-state index in [9.17, 15) is 18.0 Å². The summed E-state index contributed by atoms with van der Waals surface area (Å²) in [6.07, 6.45) is -0.876. The third-order valence-electron chi connectivity index (χ3n) is 7.16. The van der Waals surface area contributed by atoms with E-state index in [1.54, 1.807) is 0 Å². The lowest BCUT2D eigenvalue weighted by Gasteiger charge is -2.38. The maximum Gasteiger partial charge on any atom is 0.490 e. The minimum Gasteiger partial charge on any atom is -0.475 e. The highest BCUT2D eigenvalue weighted by atomic mass is 35.5. The molecule has 1 aromatic carbocycles. The summed E-state index contributed by atoms with van der Waals surface area (Å²) in [5.41, 5.74) is 7.30. The molecule has 2 aliphatic rings. The van der Waals surface area contributed by atoms with E-state index in [2.05, 4.69) is 38.7 Å². The Morgan fingerprint density at radius 2 is 1.93 bits per heavy atom. The zero-order valence-electron chi connectivity index (χ0n) is 22.4. The van der Waals surface area contributed by atoms with Crippen LogP contribution in [0.5, 0.6) is 0 Å². The summed E-state index contributed by atoms with van der Waals surface area (Å²) in [4.78, 5) is 29.3. The number of rotatable bonds is 7. The Labute approximate surface area is 238 Å². The van der Waals surface area contributed by atoms with Crippen molar-refractivity contribution in [2.75, 3.05) is 39.4 Å². The molecule has 2 saturated heterocycles. The fourth-order valence-corrected chi connectivity index (χ4v) is 5.40. The molecule has 1 atom stereocenters. The first kappa shape index (κ1) is 30.8. The van der Waals surface area contributed by atoms with Crippen LogP contribution in [-0.4, -0.2) is 93.1 Å². The first-order valence-electron chi connectivity index (χ1n) is 13.1. The van der Waals surface area contributed by atoms with Crippen molar-refractivity contribution in [1.29, 1.82) is 0 Å². The maximum absolute atomic E-state index is 11.3. The molecule has 0 aliphatic carbocycles. The number of aromatic nitrogens is 3. The molecule has 1 amide bonds. The maximum atomic E-state index is 11.3. The van der Waals surface area contributed by atoms with Crippen LogP contribution in [0.4, 0.5) is 13.2 Å². The summed E-state index contributed by atoms with van der Waals surface area (Å²) < 4.78 is 45.1. The zero-order valence-corrected chi connectivity index (χ0v) is 23.2. The van der Waals surface area contributed by atoms with E-state index in [1.807, 2.05) is 12.1 Å². The summed E-state index contributed by atoms with van der Waals surface area (Å²) in [6.45, 7) is 7.89. The van der Waals surface area contributed by atoms with E-state index in [0.717, 1.165) is 73.7 Å². The lowest BCUT2D eigenvalue weighted by Crippen LogP contribution is -2.53. The van der Waals surface area contributed by atoms with Gasteiger partial charge in [-0.2, -0.15) is 18.2 Å². The second-order valence-electron chi connectivity index (χ2n) is 10.2. The highest BCUT2D eigenvalue weighted by Crippen LogP contribution is 2.34. The Hall–Kier alpha value is -3.20. The van der Waals surface area contributed by atoms with E-state index >= 15 is 0 Å². The molecule has 4 heterocycles. The highest BCUT2D eigenvalue weighted by Gasteiger charge is 2.38. The van der Waals surface area contributed by atoms with Gasteiger partial charge < -0.3 is 24.7 Å². The van der Waals surface area contributed by atoms with Crippen LogP contribution in [0.25, 0.3) is 22.3 Å². The fourth-order valence-electron chi connectivity index (χ4n) is 5.11. The van der Waals surface area contributed by atoms with Crippen molar-refractivity contribution in [3.63, 3.8) is 0 Å². The van der Waals surface area contributed by atoms with Gasteiger partial charge in [-0.15, -0.1) is 0 Å². The lowest BCUT2D eigenvalue weighted by molar-refractivity contribution is -0.192. The number of aliphatic carboxylic acids is 1. The zero-order chi connectivity index (χ0) is 29.7. The SMILES string of the molecule is C[C@@H]1CN(Cc2nc(-c3cn(CC4CCOCC4)c4c(Cl)cccc34)no2)CCN1CC(N)=O.O=C(O)C(F)(F)F. The van der Waals surface area contributed by atoms with Gasteiger partial charge in [0, 0.05) is 62.6 Å². The quantitative estimate of drug-likeness (QED) is 0.417. The molecule has 41 heavy (non-hydrogen) atoms. The van der Waals surface area contributed by atoms with Gasteiger partial charge in [0.05, 0.1) is 23.6 Å². The largest absolute Gasteiger partial charge is 0.490 e. The number of carbonyl (C=O) groups excluding carboxylic acids is 1. The average Bonchev–Trinajstić information content (AvgIpc) is 3.51. The Morgan fingerprint density at radius 3 is 2.56 bits per heavy atom. The van der Waals surface area contributed by atoms with Crippen molar-refractivity contribution in [3.8, 4) is 11.4 Å². The molecule has 3 N–H and O–H groups in total. The van der Waals surface area contributed by atoms with Gasteiger partial charge in [-0.05, 0) is 31.7 Å². The van der Waals surface area contributed by atoms with E-state index in [4.69, 9.17) is 41.5 Å². The predicted molar refractivity (Wildman–Crippen MR) is 143 cm³/mol. The molecule has 2 aromatic heterocycles. The number of piperazine rings is 1. The monoisotopic (exact) mass is 600 g/mol. The van der Waals surface area contributed by atoms with E-state index in [0.29, 0.717) is 30.7 Å². The predicted octanol–water partition coefficient (Wildman–Crippen LogP) is 3.40. The van der Waals surface area contributed by atoms with Gasteiger partial charge in [0.1, 0.15) is 0 Å². The van der Waals surface area contributed by atoms with Crippen LogP contribution in [-0.2, 0) is 27.4 Å². The molecule has 0 bridgehead atoms. The fraction of sp³-hybridized carbons (Fsp3) is 0.538. The number of hydrogen-bond acceptors (Lipinski definition) is 8. The smallest absolute Gasteiger partial charge is 0.475 e. The number of carboxylic acid groups (broad SMARTS) is 1. The molecule has 2 fully saturated rings. The first-order valence-corrected chi connectivity index (χ1v) is 13.5. The third kappa shape index (κ3) is 7.97. The van der Waals surface area contributed by atoms with Crippen LogP contribution in [0.15, 0.2) is 28.9 Å². The summed E-state index contributed by atoms with van der Waals surface area (Å²) in [7, 11) is 0. The third-order valence-corrected chi connectivity index (χ3v) is 7.47. The van der Waals surface area contributed by atoms with Crippen LogP contribution in [0.1, 0.15) is 25.7 Å². The molecule has 15 heteroatoms. The van der Waals surface area contributed by atoms with Gasteiger partial charge in [-0.25, -0.2) is 4.79 Å². The molecule has 0 saturated carbocycles. The number of ether oxygens (including phenoxy) is 1. The lowest BCUT2D eigenvalue weighted by atomic mass is 10.0. The van der Waals surface area contributed by atoms with E-state index in [1.165, 1.54) is 0 Å². The highest BCUT2D eigenvalue weighted by molar-refractivity contribution is 6.35. The molecular formula is C26H32ClF3N6O5. The molecule has 224 valence electrons. The molecule has 3 aromatic rings. The number of carboxylic acids is 1.